The fraction of sp³-hybridized carbons (Fsp3) is 0.118. The van der Waals surface area contributed by atoms with Crippen LogP contribution in [0.15, 0.2) is 51.9 Å². The number of fused-ring (bicyclic) bond motifs is 1. The lowest BCUT2D eigenvalue weighted by atomic mass is 10.0. The van der Waals surface area contributed by atoms with Crippen molar-refractivity contribution in [3.05, 3.63) is 52.9 Å². The van der Waals surface area contributed by atoms with E-state index in [9.17, 15) is 20.1 Å². The zero-order chi connectivity index (χ0) is 16.3. The van der Waals surface area contributed by atoms with Gasteiger partial charge in [0.05, 0.1) is 5.56 Å². The van der Waals surface area contributed by atoms with Crippen LogP contribution in [-0.4, -0.2) is 15.3 Å². The Balaban J connectivity index is 0.000000847. The van der Waals surface area contributed by atoms with Crippen molar-refractivity contribution in [3.8, 4) is 28.4 Å². The molecule has 0 fully saturated rings. The molecule has 0 bridgehead atoms. The number of hydrogen-bond donors (Lipinski definition) is 3. The molecule has 2 aromatic carbocycles. The van der Waals surface area contributed by atoms with Crippen LogP contribution in [0.1, 0.15) is 13.8 Å². The van der Waals surface area contributed by atoms with Crippen molar-refractivity contribution < 1.29 is 19.7 Å². The van der Waals surface area contributed by atoms with Gasteiger partial charge in [0.15, 0.2) is 0 Å². The van der Waals surface area contributed by atoms with Crippen molar-refractivity contribution in [2.24, 2.45) is 0 Å². The third-order valence-corrected chi connectivity index (χ3v) is 3.02. The van der Waals surface area contributed by atoms with Crippen LogP contribution < -0.4 is 5.43 Å². The van der Waals surface area contributed by atoms with E-state index in [2.05, 4.69) is 0 Å². The van der Waals surface area contributed by atoms with Gasteiger partial charge in [0.2, 0.25) is 5.43 Å². The van der Waals surface area contributed by atoms with Gasteiger partial charge in [-0.2, -0.15) is 0 Å². The summed E-state index contributed by atoms with van der Waals surface area (Å²) in [4.78, 5) is 12.4. The van der Waals surface area contributed by atoms with Crippen molar-refractivity contribution in [1.82, 2.24) is 0 Å². The Labute approximate surface area is 126 Å². The van der Waals surface area contributed by atoms with Gasteiger partial charge >= 0.3 is 0 Å². The lowest BCUT2D eigenvalue weighted by Gasteiger charge is -2.05. The first-order chi connectivity index (χ1) is 10.6. The van der Waals surface area contributed by atoms with E-state index < -0.39 is 5.43 Å². The SMILES string of the molecule is CC.O=c1c(-c2ccc(O)cc2)coc2cc(O)cc(O)c12. The minimum Gasteiger partial charge on any atom is -0.508 e. The molecule has 0 aliphatic rings. The van der Waals surface area contributed by atoms with Crippen LogP contribution in [0.2, 0.25) is 0 Å². The molecular formula is C17H16O5. The molecule has 5 heteroatoms. The van der Waals surface area contributed by atoms with Crippen molar-refractivity contribution >= 4 is 11.0 Å². The van der Waals surface area contributed by atoms with E-state index >= 15 is 0 Å². The first-order valence-corrected chi connectivity index (χ1v) is 6.83. The molecule has 114 valence electrons. The Morgan fingerprint density at radius 3 is 2.18 bits per heavy atom. The van der Waals surface area contributed by atoms with Gasteiger partial charge in [-0.1, -0.05) is 26.0 Å². The number of phenols is 3. The molecule has 0 atom stereocenters. The number of benzene rings is 2. The smallest absolute Gasteiger partial charge is 0.204 e. The first-order valence-electron chi connectivity index (χ1n) is 6.83. The van der Waals surface area contributed by atoms with Gasteiger partial charge in [0.1, 0.15) is 34.5 Å². The summed E-state index contributed by atoms with van der Waals surface area (Å²) in [7, 11) is 0. The maximum absolute atomic E-state index is 12.4. The zero-order valence-electron chi connectivity index (χ0n) is 12.2. The molecule has 3 aromatic rings. The van der Waals surface area contributed by atoms with Crippen molar-refractivity contribution in [3.63, 3.8) is 0 Å². The number of aromatic hydroxyl groups is 3. The summed E-state index contributed by atoms with van der Waals surface area (Å²) in [5.74, 6) is -0.434. The quantitative estimate of drug-likeness (QED) is 0.638. The molecule has 0 radical (unpaired) electrons. The summed E-state index contributed by atoms with van der Waals surface area (Å²) < 4.78 is 5.29. The molecule has 3 N–H and O–H groups in total. The number of phenolic OH excluding ortho intramolecular Hbond substituents is 3. The zero-order valence-corrected chi connectivity index (χ0v) is 12.2. The highest BCUT2D eigenvalue weighted by atomic mass is 16.3. The van der Waals surface area contributed by atoms with Gasteiger partial charge < -0.3 is 19.7 Å². The summed E-state index contributed by atoms with van der Waals surface area (Å²) in [5.41, 5.74) is 0.522. The number of rotatable bonds is 1. The lowest BCUT2D eigenvalue weighted by Crippen LogP contribution is -2.04. The van der Waals surface area contributed by atoms with Crippen LogP contribution in [0.25, 0.3) is 22.1 Å². The predicted molar refractivity (Wildman–Crippen MR) is 84.3 cm³/mol. The highest BCUT2D eigenvalue weighted by Gasteiger charge is 2.13. The van der Waals surface area contributed by atoms with Gasteiger partial charge in [0, 0.05) is 12.1 Å². The largest absolute Gasteiger partial charge is 0.508 e. The molecule has 1 heterocycles. The summed E-state index contributed by atoms with van der Waals surface area (Å²) >= 11 is 0. The van der Waals surface area contributed by atoms with Crippen LogP contribution in [0.3, 0.4) is 0 Å². The molecule has 5 nitrogen and oxygen atoms in total. The Kier molecular flexibility index (Phi) is 4.36. The standard InChI is InChI=1S/C15H10O5.C2H6/c16-9-3-1-8(2-4-9)11-7-20-13-6-10(17)5-12(18)14(13)15(11)19;1-2/h1-7,16-18H;1-2H3. The molecule has 0 aliphatic carbocycles. The first kappa shape index (κ1) is 15.4. The maximum atomic E-state index is 12.4. The van der Waals surface area contributed by atoms with Gasteiger partial charge in [-0.3, -0.25) is 4.79 Å². The second-order valence-corrected chi connectivity index (χ2v) is 4.36. The fourth-order valence-corrected chi connectivity index (χ4v) is 2.06. The summed E-state index contributed by atoms with van der Waals surface area (Å²) in [5, 5.41) is 28.4. The van der Waals surface area contributed by atoms with Gasteiger partial charge in [-0.15, -0.1) is 0 Å². The Morgan fingerprint density at radius 2 is 1.55 bits per heavy atom. The average Bonchev–Trinajstić information content (AvgIpc) is 2.50. The van der Waals surface area contributed by atoms with E-state index in [1.165, 1.54) is 24.5 Å². The molecule has 0 unspecified atom stereocenters. The summed E-state index contributed by atoms with van der Waals surface area (Å²) in [6.45, 7) is 4.00. The minimum atomic E-state index is -0.408. The van der Waals surface area contributed by atoms with Crippen LogP contribution in [0.4, 0.5) is 0 Å². The monoisotopic (exact) mass is 300 g/mol. The topological polar surface area (TPSA) is 90.9 Å². The Hall–Kier alpha value is -2.95. The molecule has 0 saturated heterocycles. The second kappa shape index (κ2) is 6.22. The van der Waals surface area contributed by atoms with Gasteiger partial charge in [0.25, 0.3) is 0 Å². The molecule has 0 aliphatic heterocycles. The molecule has 0 spiro atoms. The van der Waals surface area contributed by atoms with E-state index in [4.69, 9.17) is 4.42 Å². The highest BCUT2D eigenvalue weighted by Crippen LogP contribution is 2.29. The summed E-state index contributed by atoms with van der Waals surface area (Å²) in [6, 6.07) is 8.40. The maximum Gasteiger partial charge on any atom is 0.204 e. The molecule has 0 amide bonds. The van der Waals surface area contributed by atoms with Crippen LogP contribution in [0.5, 0.6) is 17.2 Å². The molecular weight excluding hydrogens is 284 g/mol. The predicted octanol–water partition coefficient (Wildman–Crippen LogP) is 3.60. The molecule has 1 aromatic heterocycles. The Morgan fingerprint density at radius 1 is 0.909 bits per heavy atom. The fourth-order valence-electron chi connectivity index (χ4n) is 2.06. The van der Waals surface area contributed by atoms with Crippen LogP contribution >= 0.6 is 0 Å². The minimum absolute atomic E-state index is 0.00775. The number of hydrogen-bond acceptors (Lipinski definition) is 5. The summed E-state index contributed by atoms with van der Waals surface area (Å²) in [6.07, 6.45) is 1.26. The van der Waals surface area contributed by atoms with Crippen molar-refractivity contribution in [2.45, 2.75) is 13.8 Å². The van der Waals surface area contributed by atoms with Crippen LogP contribution in [-0.2, 0) is 0 Å². The molecule has 22 heavy (non-hydrogen) atoms. The highest BCUT2D eigenvalue weighted by molar-refractivity contribution is 5.87. The third kappa shape index (κ3) is 2.74. The van der Waals surface area contributed by atoms with E-state index in [1.807, 2.05) is 13.8 Å². The normalized spacial score (nSPS) is 10.1. The van der Waals surface area contributed by atoms with E-state index in [-0.39, 0.29) is 33.8 Å². The molecule has 0 saturated carbocycles. The van der Waals surface area contributed by atoms with E-state index in [0.717, 1.165) is 6.07 Å². The Bertz CT molecular complexity index is 847. The van der Waals surface area contributed by atoms with Gasteiger partial charge in [-0.25, -0.2) is 0 Å². The van der Waals surface area contributed by atoms with E-state index in [1.54, 1.807) is 12.1 Å². The molecule has 3 rings (SSSR count). The lowest BCUT2D eigenvalue weighted by molar-refractivity contribution is 0.452. The van der Waals surface area contributed by atoms with Gasteiger partial charge in [-0.05, 0) is 17.7 Å². The van der Waals surface area contributed by atoms with E-state index in [0.29, 0.717) is 5.56 Å². The van der Waals surface area contributed by atoms with Crippen molar-refractivity contribution in [2.75, 3.05) is 0 Å². The third-order valence-electron chi connectivity index (χ3n) is 3.02. The average molecular weight is 300 g/mol. The van der Waals surface area contributed by atoms with Crippen molar-refractivity contribution in [1.29, 1.82) is 0 Å². The van der Waals surface area contributed by atoms with Crippen LogP contribution in [0, 0.1) is 0 Å². The second-order valence-electron chi connectivity index (χ2n) is 4.36.